The first kappa shape index (κ1) is 17.4. The summed E-state index contributed by atoms with van der Waals surface area (Å²) in [6.45, 7) is 2.11. The molecule has 2 heterocycles. The zero-order valence-electron chi connectivity index (χ0n) is 14.2. The highest BCUT2D eigenvalue weighted by atomic mass is 16.4. The molecule has 0 saturated carbocycles. The second-order valence-corrected chi connectivity index (χ2v) is 6.31. The number of hydrogen-bond acceptors (Lipinski definition) is 4. The Morgan fingerprint density at radius 2 is 2.15 bits per heavy atom. The highest BCUT2D eigenvalue weighted by Crippen LogP contribution is 2.20. The van der Waals surface area contributed by atoms with E-state index in [2.05, 4.69) is 16.4 Å². The van der Waals surface area contributed by atoms with Gasteiger partial charge in [-0.25, -0.2) is 4.79 Å². The molecule has 1 aliphatic heterocycles. The topological polar surface area (TPSA) is 106 Å². The van der Waals surface area contributed by atoms with Crippen LogP contribution in [-0.4, -0.2) is 45.6 Å². The lowest BCUT2D eigenvalue weighted by Gasteiger charge is -2.16. The Morgan fingerprint density at radius 3 is 2.85 bits per heavy atom. The van der Waals surface area contributed by atoms with Gasteiger partial charge >= 0.3 is 6.09 Å². The molecule has 0 radical (unpaired) electrons. The molecule has 1 aliphatic rings. The van der Waals surface area contributed by atoms with E-state index in [0.717, 1.165) is 5.56 Å². The second kappa shape index (κ2) is 7.23. The first-order valence-corrected chi connectivity index (χ1v) is 8.25. The Hall–Kier alpha value is -3.40. The summed E-state index contributed by atoms with van der Waals surface area (Å²) in [5.74, 6) is -0.269. The van der Waals surface area contributed by atoms with E-state index in [4.69, 9.17) is 10.4 Å². The van der Waals surface area contributed by atoms with Gasteiger partial charge in [-0.15, -0.1) is 0 Å². The van der Waals surface area contributed by atoms with E-state index in [-0.39, 0.29) is 24.5 Å². The Morgan fingerprint density at radius 1 is 1.35 bits per heavy atom. The molecule has 2 aromatic rings. The van der Waals surface area contributed by atoms with Gasteiger partial charge in [-0.2, -0.15) is 5.26 Å². The lowest BCUT2D eigenvalue weighted by Crippen LogP contribution is -2.38. The minimum absolute atomic E-state index is 0.125. The van der Waals surface area contributed by atoms with Gasteiger partial charge in [0.25, 0.3) is 5.91 Å². The molecule has 0 spiro atoms. The number of nitrogens with zero attached hydrogens (tertiary/aromatic N) is 3. The number of benzene rings is 1. The number of nitriles is 1. The molecule has 0 aliphatic carbocycles. The lowest BCUT2D eigenvalue weighted by molar-refractivity contribution is 0.0935. The lowest BCUT2D eigenvalue weighted by atomic mass is 10.1. The largest absolute Gasteiger partial charge is 0.465 e. The van der Waals surface area contributed by atoms with Crippen molar-refractivity contribution in [2.75, 3.05) is 6.54 Å². The van der Waals surface area contributed by atoms with Gasteiger partial charge in [0.1, 0.15) is 0 Å². The summed E-state index contributed by atoms with van der Waals surface area (Å²) >= 11 is 0. The zero-order valence-corrected chi connectivity index (χ0v) is 14.2. The monoisotopic (exact) mass is 350 g/mol. The third-order valence-corrected chi connectivity index (χ3v) is 4.47. The van der Waals surface area contributed by atoms with Crippen LogP contribution in [-0.2, 0) is 0 Å². The van der Waals surface area contributed by atoms with Gasteiger partial charge in [-0.3, -0.25) is 9.78 Å². The number of pyridine rings is 1. The molecule has 2 amide bonds. The quantitative estimate of drug-likeness (QED) is 0.884. The number of nitrogens with one attached hydrogen (secondary N) is 1. The van der Waals surface area contributed by atoms with Crippen molar-refractivity contribution < 1.29 is 14.7 Å². The van der Waals surface area contributed by atoms with Gasteiger partial charge in [-0.1, -0.05) is 12.1 Å². The first-order chi connectivity index (χ1) is 12.5. The summed E-state index contributed by atoms with van der Waals surface area (Å²) in [7, 11) is 0. The number of carbonyl (C=O) groups is 2. The van der Waals surface area contributed by atoms with Gasteiger partial charge in [-0.05, 0) is 37.6 Å². The van der Waals surface area contributed by atoms with E-state index in [1.807, 2.05) is 13.0 Å². The SMILES string of the molecule is C[C@@H]1C[C@@H](NC(=O)c2ccnc(-c3cccc(C#N)c3)c2)CN1C(=O)O. The minimum Gasteiger partial charge on any atom is -0.465 e. The van der Waals surface area contributed by atoms with Crippen molar-refractivity contribution in [3.8, 4) is 17.3 Å². The Kier molecular flexibility index (Phi) is 4.85. The van der Waals surface area contributed by atoms with Gasteiger partial charge in [0.2, 0.25) is 0 Å². The summed E-state index contributed by atoms with van der Waals surface area (Å²) < 4.78 is 0. The summed E-state index contributed by atoms with van der Waals surface area (Å²) in [4.78, 5) is 29.3. The van der Waals surface area contributed by atoms with Crippen molar-refractivity contribution in [2.45, 2.75) is 25.4 Å². The fourth-order valence-electron chi connectivity index (χ4n) is 3.15. The average molecular weight is 350 g/mol. The van der Waals surface area contributed by atoms with Crippen LogP contribution in [0.3, 0.4) is 0 Å². The van der Waals surface area contributed by atoms with Crippen molar-refractivity contribution in [3.63, 3.8) is 0 Å². The van der Waals surface area contributed by atoms with Crippen LogP contribution < -0.4 is 5.32 Å². The van der Waals surface area contributed by atoms with Crippen LogP contribution in [0.2, 0.25) is 0 Å². The van der Waals surface area contributed by atoms with Crippen molar-refractivity contribution in [2.24, 2.45) is 0 Å². The van der Waals surface area contributed by atoms with E-state index >= 15 is 0 Å². The molecule has 0 bridgehead atoms. The third kappa shape index (κ3) is 3.64. The third-order valence-electron chi connectivity index (χ3n) is 4.47. The van der Waals surface area contributed by atoms with Gasteiger partial charge < -0.3 is 15.3 Å². The van der Waals surface area contributed by atoms with Gasteiger partial charge in [0.05, 0.1) is 17.3 Å². The summed E-state index contributed by atoms with van der Waals surface area (Å²) in [5.41, 5.74) is 2.32. The zero-order chi connectivity index (χ0) is 18.7. The molecule has 1 aromatic carbocycles. The first-order valence-electron chi connectivity index (χ1n) is 8.25. The molecule has 1 aromatic heterocycles. The fourth-order valence-corrected chi connectivity index (χ4v) is 3.15. The Balaban J connectivity index is 1.75. The summed E-state index contributed by atoms with van der Waals surface area (Å²) in [6.07, 6.45) is 1.16. The molecule has 132 valence electrons. The van der Waals surface area contributed by atoms with Crippen LogP contribution in [0.15, 0.2) is 42.6 Å². The number of carboxylic acid groups (broad SMARTS) is 1. The molecular formula is C19H18N4O3. The van der Waals surface area contributed by atoms with Crippen LogP contribution in [0.5, 0.6) is 0 Å². The summed E-state index contributed by atoms with van der Waals surface area (Å²) in [6, 6.07) is 12.0. The predicted molar refractivity (Wildman–Crippen MR) is 94.5 cm³/mol. The molecular weight excluding hydrogens is 332 g/mol. The van der Waals surface area contributed by atoms with E-state index in [1.54, 1.807) is 36.5 Å². The van der Waals surface area contributed by atoms with E-state index in [0.29, 0.717) is 23.2 Å². The smallest absolute Gasteiger partial charge is 0.407 e. The molecule has 26 heavy (non-hydrogen) atoms. The van der Waals surface area contributed by atoms with Crippen LogP contribution in [0, 0.1) is 11.3 Å². The standard InChI is InChI=1S/C19H18N4O3/c1-12-7-16(11-23(12)19(25)26)22-18(24)15-5-6-21-17(9-15)14-4-2-3-13(8-14)10-20/h2-6,8-9,12,16H,7,11H2,1H3,(H,22,24)(H,25,26)/t12-,16-/m1/s1. The maximum atomic E-state index is 12.5. The average Bonchev–Trinajstić information content (AvgIpc) is 3.02. The number of likely N-dealkylation sites (tertiary alicyclic amines) is 1. The van der Waals surface area contributed by atoms with E-state index < -0.39 is 6.09 Å². The van der Waals surface area contributed by atoms with Crippen molar-refractivity contribution >= 4 is 12.0 Å². The summed E-state index contributed by atoms with van der Waals surface area (Å²) in [5, 5.41) is 21.0. The maximum absolute atomic E-state index is 12.5. The van der Waals surface area contributed by atoms with Crippen molar-refractivity contribution in [1.82, 2.24) is 15.2 Å². The maximum Gasteiger partial charge on any atom is 0.407 e. The second-order valence-electron chi connectivity index (χ2n) is 6.31. The van der Waals surface area contributed by atoms with Gasteiger partial charge in [0, 0.05) is 36.0 Å². The molecule has 1 fully saturated rings. The molecule has 3 rings (SSSR count). The molecule has 7 heteroatoms. The van der Waals surface area contributed by atoms with Crippen LogP contribution in [0.25, 0.3) is 11.3 Å². The molecule has 7 nitrogen and oxygen atoms in total. The molecule has 2 atom stereocenters. The van der Waals surface area contributed by atoms with E-state index in [1.165, 1.54) is 4.90 Å². The van der Waals surface area contributed by atoms with E-state index in [9.17, 15) is 9.59 Å². The number of hydrogen-bond donors (Lipinski definition) is 2. The minimum atomic E-state index is -0.974. The van der Waals surface area contributed by atoms with Crippen LogP contribution >= 0.6 is 0 Å². The highest BCUT2D eigenvalue weighted by molar-refractivity contribution is 5.95. The number of aromatic nitrogens is 1. The fraction of sp³-hybridized carbons (Fsp3) is 0.263. The molecule has 1 saturated heterocycles. The number of carbonyl (C=O) groups excluding carboxylic acids is 1. The van der Waals surface area contributed by atoms with Crippen molar-refractivity contribution in [3.05, 3.63) is 53.7 Å². The van der Waals surface area contributed by atoms with Crippen LogP contribution in [0.1, 0.15) is 29.3 Å². The highest BCUT2D eigenvalue weighted by Gasteiger charge is 2.33. The van der Waals surface area contributed by atoms with Crippen molar-refractivity contribution in [1.29, 1.82) is 5.26 Å². The van der Waals surface area contributed by atoms with Crippen LogP contribution in [0.4, 0.5) is 4.79 Å². The molecule has 2 N–H and O–H groups in total. The number of rotatable bonds is 3. The normalized spacial score (nSPS) is 19.0. The predicted octanol–water partition coefficient (Wildman–Crippen LogP) is 2.49. The van der Waals surface area contributed by atoms with Gasteiger partial charge in [0.15, 0.2) is 0 Å². The molecule has 0 unspecified atom stereocenters. The Labute approximate surface area is 150 Å². The Bertz CT molecular complexity index is 890. The number of amides is 2.